The molecule has 9 nitrogen and oxygen atoms in total. The van der Waals surface area contributed by atoms with Crippen LogP contribution >= 0.6 is 11.8 Å². The molecule has 0 bridgehead atoms. The van der Waals surface area contributed by atoms with Crippen molar-refractivity contribution in [2.24, 2.45) is 5.92 Å². The van der Waals surface area contributed by atoms with E-state index in [1.165, 1.54) is 16.3 Å². The summed E-state index contributed by atoms with van der Waals surface area (Å²) in [4.78, 5) is 37.3. The minimum absolute atomic E-state index is 0.0805. The van der Waals surface area contributed by atoms with Crippen LogP contribution in [0, 0.1) is 5.92 Å². The number of fused-ring (bicyclic) bond motifs is 3. The molecule has 0 saturated carbocycles. The lowest BCUT2D eigenvalue weighted by molar-refractivity contribution is -0.121. The van der Waals surface area contributed by atoms with Crippen LogP contribution < -0.4 is 16.2 Å². The highest BCUT2D eigenvalue weighted by atomic mass is 32.2. The number of nitrogens with zero attached hydrogens (tertiary/aromatic N) is 4. The zero-order valence-corrected chi connectivity index (χ0v) is 18.9. The molecule has 0 spiro atoms. The molecule has 2 aromatic heterocycles. The number of thioether (sulfide) groups is 1. The molecule has 0 saturated heterocycles. The highest BCUT2D eigenvalue weighted by molar-refractivity contribution is 7.99. The second-order valence-electron chi connectivity index (χ2n) is 7.68. The molecule has 31 heavy (non-hydrogen) atoms. The van der Waals surface area contributed by atoms with E-state index in [1.807, 2.05) is 32.9 Å². The highest BCUT2D eigenvalue weighted by Gasteiger charge is 2.18. The summed E-state index contributed by atoms with van der Waals surface area (Å²) >= 11 is 1.26. The van der Waals surface area contributed by atoms with Crippen LogP contribution in [0.5, 0.6) is 0 Å². The molecule has 1 aromatic carbocycles. The number of para-hydroxylation sites is 1. The third-order valence-electron chi connectivity index (χ3n) is 4.65. The Morgan fingerprint density at radius 2 is 1.90 bits per heavy atom. The van der Waals surface area contributed by atoms with Gasteiger partial charge in [-0.15, -0.1) is 10.2 Å². The first kappa shape index (κ1) is 22.8. The van der Waals surface area contributed by atoms with Crippen LogP contribution in [-0.2, 0) is 16.1 Å². The maximum absolute atomic E-state index is 13.1. The van der Waals surface area contributed by atoms with Crippen molar-refractivity contribution in [3.63, 3.8) is 0 Å². The van der Waals surface area contributed by atoms with Gasteiger partial charge < -0.3 is 10.6 Å². The molecule has 0 radical (unpaired) electrons. The third kappa shape index (κ3) is 5.43. The van der Waals surface area contributed by atoms with Crippen LogP contribution in [0.4, 0.5) is 0 Å². The predicted octanol–water partition coefficient (Wildman–Crippen LogP) is 1.82. The van der Waals surface area contributed by atoms with Crippen LogP contribution in [0.25, 0.3) is 16.7 Å². The Morgan fingerprint density at radius 1 is 1.13 bits per heavy atom. The summed E-state index contributed by atoms with van der Waals surface area (Å²) < 4.78 is 3.26. The van der Waals surface area contributed by atoms with Gasteiger partial charge in [-0.3, -0.25) is 23.4 Å². The Balaban J connectivity index is 1.92. The van der Waals surface area contributed by atoms with Crippen LogP contribution in [0.3, 0.4) is 0 Å². The first-order valence-electron chi connectivity index (χ1n) is 10.4. The zero-order chi connectivity index (χ0) is 22.4. The SMILES string of the molecule is CCCNC(=O)CSc1nnc2n(CCC(=O)NCC(C)C)c(=O)c3ccccc3n12. The fourth-order valence-corrected chi connectivity index (χ4v) is 3.86. The molecule has 2 amide bonds. The van der Waals surface area contributed by atoms with E-state index in [-0.39, 0.29) is 36.1 Å². The number of rotatable bonds is 10. The van der Waals surface area contributed by atoms with Crippen LogP contribution in [0.15, 0.2) is 34.2 Å². The van der Waals surface area contributed by atoms with Crippen molar-refractivity contribution in [2.75, 3.05) is 18.8 Å². The lowest BCUT2D eigenvalue weighted by atomic mass is 10.2. The van der Waals surface area contributed by atoms with E-state index in [1.54, 1.807) is 16.5 Å². The Bertz CT molecular complexity index is 1140. The van der Waals surface area contributed by atoms with Crippen molar-refractivity contribution in [2.45, 2.75) is 45.3 Å². The summed E-state index contributed by atoms with van der Waals surface area (Å²) in [6.45, 7) is 7.45. The minimum Gasteiger partial charge on any atom is -0.356 e. The minimum atomic E-state index is -0.218. The van der Waals surface area contributed by atoms with Crippen molar-refractivity contribution >= 4 is 40.3 Å². The summed E-state index contributed by atoms with van der Waals surface area (Å²) in [6, 6.07) is 7.21. The second kappa shape index (κ2) is 10.4. The average Bonchev–Trinajstić information content (AvgIpc) is 3.18. The lowest BCUT2D eigenvalue weighted by Crippen LogP contribution is -2.30. The van der Waals surface area contributed by atoms with Gasteiger partial charge in [0.25, 0.3) is 5.56 Å². The Labute approximate surface area is 184 Å². The number of hydrogen-bond acceptors (Lipinski definition) is 6. The summed E-state index contributed by atoms with van der Waals surface area (Å²) in [7, 11) is 0. The topological polar surface area (TPSA) is 110 Å². The smallest absolute Gasteiger partial charge is 0.262 e. The largest absolute Gasteiger partial charge is 0.356 e. The number of aromatic nitrogens is 4. The van der Waals surface area contributed by atoms with E-state index in [9.17, 15) is 14.4 Å². The number of benzene rings is 1. The first-order chi connectivity index (χ1) is 14.9. The van der Waals surface area contributed by atoms with Gasteiger partial charge in [-0.2, -0.15) is 0 Å². The molecule has 10 heteroatoms. The van der Waals surface area contributed by atoms with E-state index >= 15 is 0 Å². The molecule has 0 atom stereocenters. The van der Waals surface area contributed by atoms with E-state index in [2.05, 4.69) is 20.8 Å². The van der Waals surface area contributed by atoms with E-state index in [0.29, 0.717) is 40.8 Å². The third-order valence-corrected chi connectivity index (χ3v) is 5.58. The zero-order valence-electron chi connectivity index (χ0n) is 18.1. The van der Waals surface area contributed by atoms with Gasteiger partial charge in [0.15, 0.2) is 5.16 Å². The van der Waals surface area contributed by atoms with Crippen molar-refractivity contribution in [1.82, 2.24) is 29.8 Å². The van der Waals surface area contributed by atoms with Crippen LogP contribution in [0.2, 0.25) is 0 Å². The van der Waals surface area contributed by atoms with E-state index < -0.39 is 0 Å². The fraction of sp³-hybridized carbons (Fsp3) is 0.476. The van der Waals surface area contributed by atoms with Crippen molar-refractivity contribution in [1.29, 1.82) is 0 Å². The van der Waals surface area contributed by atoms with E-state index in [4.69, 9.17) is 0 Å². The van der Waals surface area contributed by atoms with Gasteiger partial charge in [0.1, 0.15) is 0 Å². The normalized spacial score (nSPS) is 11.4. The van der Waals surface area contributed by atoms with Crippen molar-refractivity contribution in [3.8, 4) is 0 Å². The lowest BCUT2D eigenvalue weighted by Gasteiger charge is -2.12. The molecular weight excluding hydrogens is 416 g/mol. The first-order valence-corrected chi connectivity index (χ1v) is 11.4. The number of amides is 2. The Kier molecular flexibility index (Phi) is 7.67. The molecule has 0 aliphatic rings. The average molecular weight is 445 g/mol. The summed E-state index contributed by atoms with van der Waals surface area (Å²) in [6.07, 6.45) is 1.03. The Morgan fingerprint density at radius 3 is 2.65 bits per heavy atom. The van der Waals surface area contributed by atoms with Gasteiger partial charge in [0, 0.05) is 26.1 Å². The monoisotopic (exact) mass is 444 g/mol. The quantitative estimate of drug-likeness (QED) is 0.462. The molecule has 0 fully saturated rings. The van der Waals surface area contributed by atoms with Gasteiger partial charge >= 0.3 is 0 Å². The van der Waals surface area contributed by atoms with Gasteiger partial charge in [-0.05, 0) is 24.5 Å². The fourth-order valence-electron chi connectivity index (χ4n) is 3.09. The molecular formula is C21H28N6O3S. The molecule has 166 valence electrons. The molecule has 0 unspecified atom stereocenters. The highest BCUT2D eigenvalue weighted by Crippen LogP contribution is 2.21. The maximum atomic E-state index is 13.1. The molecule has 0 aliphatic carbocycles. The standard InChI is InChI=1S/C21H28N6O3S/c1-4-10-22-18(29)13-31-21-25-24-20-26(11-9-17(28)23-12-14(2)3)19(30)15-7-5-6-8-16(15)27(20)21/h5-8,14H,4,9-13H2,1-3H3,(H,22,29)(H,23,28). The molecule has 0 aliphatic heterocycles. The summed E-state index contributed by atoms with van der Waals surface area (Å²) in [5.74, 6) is 0.712. The van der Waals surface area contributed by atoms with Crippen molar-refractivity contribution < 1.29 is 9.59 Å². The van der Waals surface area contributed by atoms with Crippen LogP contribution in [0.1, 0.15) is 33.6 Å². The number of nitrogens with one attached hydrogen (secondary N) is 2. The number of carbonyl (C=O) groups excluding carboxylic acids is 2. The second-order valence-corrected chi connectivity index (χ2v) is 8.62. The molecule has 3 rings (SSSR count). The predicted molar refractivity (Wildman–Crippen MR) is 121 cm³/mol. The number of carbonyl (C=O) groups is 2. The van der Waals surface area contributed by atoms with Crippen molar-refractivity contribution in [3.05, 3.63) is 34.6 Å². The van der Waals surface area contributed by atoms with Crippen LogP contribution in [-0.4, -0.2) is 49.8 Å². The number of aryl methyl sites for hydroxylation is 1. The van der Waals surface area contributed by atoms with E-state index in [0.717, 1.165) is 6.42 Å². The maximum Gasteiger partial charge on any atom is 0.262 e. The molecule has 2 N–H and O–H groups in total. The molecule has 2 heterocycles. The van der Waals surface area contributed by atoms with Gasteiger partial charge in [-0.25, -0.2) is 0 Å². The molecule has 3 aromatic rings. The number of hydrogen-bond donors (Lipinski definition) is 2. The summed E-state index contributed by atoms with van der Waals surface area (Å²) in [5, 5.41) is 15.2. The Hall–Kier alpha value is -2.88. The summed E-state index contributed by atoms with van der Waals surface area (Å²) in [5.41, 5.74) is 0.453. The van der Waals surface area contributed by atoms with Gasteiger partial charge in [-0.1, -0.05) is 44.7 Å². The van der Waals surface area contributed by atoms with Gasteiger partial charge in [0.05, 0.1) is 16.7 Å². The van der Waals surface area contributed by atoms with Gasteiger partial charge in [0.2, 0.25) is 17.6 Å².